The van der Waals surface area contributed by atoms with Crippen LogP contribution in [0.3, 0.4) is 0 Å². The van der Waals surface area contributed by atoms with E-state index in [9.17, 15) is 31.1 Å². The summed E-state index contributed by atoms with van der Waals surface area (Å²) in [6, 6.07) is 2.03. The molecule has 27 heavy (non-hydrogen) atoms. The number of nitrogens with one attached hydrogen (secondary N) is 3. The van der Waals surface area contributed by atoms with Crippen molar-refractivity contribution < 1.29 is 40.6 Å². The number of H-pyrrole nitrogens is 1. The lowest BCUT2D eigenvalue weighted by Crippen LogP contribution is -2.21. The van der Waals surface area contributed by atoms with Crippen molar-refractivity contribution in [2.24, 2.45) is 0 Å². The summed E-state index contributed by atoms with van der Waals surface area (Å²) >= 11 is 0. The molecule has 0 fully saturated rings. The Bertz CT molecular complexity index is 725. The molecule has 0 saturated heterocycles. The number of alkyl halides is 6. The molecule has 0 aliphatic carbocycles. The topological polar surface area (TPSA) is 88.3 Å². The minimum Gasteiger partial charge on any atom is -0.484 e. The van der Waals surface area contributed by atoms with E-state index in [0.717, 1.165) is 18.2 Å². The third-order valence-electron chi connectivity index (χ3n) is 2.70. The quantitative estimate of drug-likeness (QED) is 0.644. The molecule has 7 nitrogen and oxygen atoms in total. The number of aromatic amines is 1. The maximum absolute atomic E-state index is 12.3. The Labute approximate surface area is 147 Å². The van der Waals surface area contributed by atoms with Gasteiger partial charge in [0.15, 0.2) is 13.2 Å². The molecule has 0 unspecified atom stereocenters. The van der Waals surface area contributed by atoms with E-state index >= 15 is 0 Å². The normalized spacial score (nSPS) is 11.8. The number of hydrogen-bond acceptors (Lipinski definition) is 4. The third kappa shape index (κ3) is 7.75. The van der Waals surface area contributed by atoms with Gasteiger partial charge < -0.3 is 20.1 Å². The molecule has 148 valence electrons. The molecule has 0 bridgehead atoms. The zero-order valence-electron chi connectivity index (χ0n) is 13.2. The van der Waals surface area contributed by atoms with E-state index in [1.165, 1.54) is 12.4 Å². The molecular formula is C14H12F6N4O3. The van der Waals surface area contributed by atoms with Crippen LogP contribution in [0.1, 0.15) is 0 Å². The summed E-state index contributed by atoms with van der Waals surface area (Å²) in [5, 5.41) is 10.6. The first kappa shape index (κ1) is 20.2. The second kappa shape index (κ2) is 8.05. The van der Waals surface area contributed by atoms with E-state index in [4.69, 9.17) is 0 Å². The predicted octanol–water partition coefficient (Wildman–Crippen LogP) is 3.94. The van der Waals surface area contributed by atoms with Crippen molar-refractivity contribution in [1.82, 2.24) is 10.2 Å². The Hall–Kier alpha value is -3.12. The first-order chi connectivity index (χ1) is 12.5. The number of ether oxygens (including phenoxy) is 2. The van der Waals surface area contributed by atoms with Crippen molar-refractivity contribution in [3.8, 4) is 11.5 Å². The highest BCUT2D eigenvalue weighted by atomic mass is 19.4. The molecule has 1 heterocycles. The highest BCUT2D eigenvalue weighted by molar-refractivity contribution is 5.99. The SMILES string of the molecule is O=C(Nc1cn[nH]c1)Nc1cc(OCC(F)(F)F)cc(OCC(F)(F)F)c1. The van der Waals surface area contributed by atoms with Gasteiger partial charge in [-0.3, -0.25) is 5.10 Å². The third-order valence-corrected chi connectivity index (χ3v) is 2.70. The van der Waals surface area contributed by atoms with Crippen LogP contribution in [0.25, 0.3) is 0 Å². The Morgan fingerprint density at radius 1 is 0.926 bits per heavy atom. The summed E-state index contributed by atoms with van der Waals surface area (Å²) in [5.41, 5.74) is 0.137. The number of benzene rings is 1. The van der Waals surface area contributed by atoms with Gasteiger partial charge in [0, 0.05) is 30.1 Å². The molecule has 3 N–H and O–H groups in total. The number of amides is 2. The number of nitrogens with zero attached hydrogens (tertiary/aromatic N) is 1. The summed E-state index contributed by atoms with van der Waals surface area (Å²) in [7, 11) is 0. The van der Waals surface area contributed by atoms with Crippen LogP contribution in [0.15, 0.2) is 30.6 Å². The van der Waals surface area contributed by atoms with Crippen LogP contribution < -0.4 is 20.1 Å². The molecular weight excluding hydrogens is 386 g/mol. The summed E-state index contributed by atoms with van der Waals surface area (Å²) in [6.45, 7) is -3.34. The number of urea groups is 1. The average Bonchev–Trinajstić information content (AvgIpc) is 3.02. The van der Waals surface area contributed by atoms with Gasteiger partial charge in [0.25, 0.3) is 0 Å². The Balaban J connectivity index is 2.13. The van der Waals surface area contributed by atoms with E-state index < -0.39 is 43.1 Å². The van der Waals surface area contributed by atoms with Crippen molar-refractivity contribution in [1.29, 1.82) is 0 Å². The fourth-order valence-electron chi connectivity index (χ4n) is 1.75. The Morgan fingerprint density at radius 3 is 1.89 bits per heavy atom. The van der Waals surface area contributed by atoms with Gasteiger partial charge in [-0.25, -0.2) is 4.79 Å². The van der Waals surface area contributed by atoms with Crippen molar-refractivity contribution in [2.75, 3.05) is 23.8 Å². The summed E-state index contributed by atoms with van der Waals surface area (Å²) in [6.07, 6.45) is -6.69. The Morgan fingerprint density at radius 2 is 1.44 bits per heavy atom. The molecule has 0 saturated carbocycles. The molecule has 1 aromatic carbocycles. The van der Waals surface area contributed by atoms with Gasteiger partial charge in [0.1, 0.15) is 11.5 Å². The Kier molecular flexibility index (Phi) is 6.02. The maximum Gasteiger partial charge on any atom is 0.422 e. The van der Waals surface area contributed by atoms with Gasteiger partial charge in [0.05, 0.1) is 11.9 Å². The number of rotatable bonds is 6. The van der Waals surface area contributed by atoms with Crippen LogP contribution in [0.4, 0.5) is 42.5 Å². The number of halogens is 6. The van der Waals surface area contributed by atoms with Crippen molar-refractivity contribution in [3.05, 3.63) is 30.6 Å². The minimum atomic E-state index is -4.66. The van der Waals surface area contributed by atoms with Gasteiger partial charge in [-0.2, -0.15) is 31.4 Å². The van der Waals surface area contributed by atoms with Crippen LogP contribution in [0, 0.1) is 0 Å². The van der Waals surface area contributed by atoms with Gasteiger partial charge in [-0.15, -0.1) is 0 Å². The number of anilines is 2. The minimum absolute atomic E-state index is 0.146. The second-order valence-corrected chi connectivity index (χ2v) is 5.07. The largest absolute Gasteiger partial charge is 0.484 e. The highest BCUT2D eigenvalue weighted by Crippen LogP contribution is 2.29. The molecule has 2 rings (SSSR count). The molecule has 0 spiro atoms. The van der Waals surface area contributed by atoms with E-state index in [1.54, 1.807) is 0 Å². The van der Waals surface area contributed by atoms with E-state index in [1.807, 2.05) is 0 Å². The maximum atomic E-state index is 12.3. The standard InChI is InChI=1S/C14H12F6N4O3/c15-13(16,17)6-26-10-1-8(2-11(3-10)27-7-14(18,19)20)23-12(25)24-9-4-21-22-5-9/h1-5H,6-7H2,(H,21,22)(H2,23,24,25). The molecule has 0 radical (unpaired) electrons. The molecule has 2 aromatic rings. The van der Waals surface area contributed by atoms with Crippen LogP contribution in [-0.2, 0) is 0 Å². The smallest absolute Gasteiger partial charge is 0.422 e. The van der Waals surface area contributed by atoms with Crippen molar-refractivity contribution >= 4 is 17.4 Å². The summed E-state index contributed by atoms with van der Waals surface area (Å²) < 4.78 is 82.6. The monoisotopic (exact) mass is 398 g/mol. The zero-order valence-corrected chi connectivity index (χ0v) is 13.2. The lowest BCUT2D eigenvalue weighted by molar-refractivity contribution is -0.153. The van der Waals surface area contributed by atoms with E-state index in [2.05, 4.69) is 30.3 Å². The van der Waals surface area contributed by atoms with E-state index in [0.29, 0.717) is 0 Å². The van der Waals surface area contributed by atoms with E-state index in [-0.39, 0.29) is 11.4 Å². The lowest BCUT2D eigenvalue weighted by atomic mass is 10.2. The number of carbonyl (C=O) groups is 1. The fraction of sp³-hybridized carbons (Fsp3) is 0.286. The molecule has 1 aromatic heterocycles. The molecule has 2 amide bonds. The van der Waals surface area contributed by atoms with Crippen molar-refractivity contribution in [2.45, 2.75) is 12.4 Å². The van der Waals surface area contributed by atoms with Crippen LogP contribution >= 0.6 is 0 Å². The average molecular weight is 398 g/mol. The molecule has 13 heteroatoms. The van der Waals surface area contributed by atoms with Gasteiger partial charge in [0.2, 0.25) is 0 Å². The molecule has 0 aliphatic rings. The molecule has 0 aliphatic heterocycles. The summed E-state index contributed by atoms with van der Waals surface area (Å²) in [4.78, 5) is 11.8. The van der Waals surface area contributed by atoms with Gasteiger partial charge in [-0.1, -0.05) is 0 Å². The lowest BCUT2D eigenvalue weighted by Gasteiger charge is -2.15. The second-order valence-electron chi connectivity index (χ2n) is 5.07. The van der Waals surface area contributed by atoms with Crippen LogP contribution in [0.5, 0.6) is 11.5 Å². The number of carbonyl (C=O) groups excluding carboxylic acids is 1. The van der Waals surface area contributed by atoms with Crippen LogP contribution in [0.2, 0.25) is 0 Å². The summed E-state index contributed by atoms with van der Waals surface area (Å²) in [5.74, 6) is -0.878. The molecule has 0 atom stereocenters. The van der Waals surface area contributed by atoms with Gasteiger partial charge >= 0.3 is 18.4 Å². The number of aromatic nitrogens is 2. The van der Waals surface area contributed by atoms with Crippen molar-refractivity contribution in [3.63, 3.8) is 0 Å². The highest BCUT2D eigenvalue weighted by Gasteiger charge is 2.30. The fourth-order valence-corrected chi connectivity index (χ4v) is 1.75. The van der Waals surface area contributed by atoms with Gasteiger partial charge in [-0.05, 0) is 0 Å². The van der Waals surface area contributed by atoms with Crippen LogP contribution in [-0.4, -0.2) is 41.8 Å². The predicted molar refractivity (Wildman–Crippen MR) is 80.8 cm³/mol. The number of hydrogen-bond donors (Lipinski definition) is 3. The first-order valence-electron chi connectivity index (χ1n) is 7.11. The first-order valence-corrected chi connectivity index (χ1v) is 7.11. The zero-order chi connectivity index (χ0) is 20.1.